The number of hydrogen-bond donors (Lipinski definition) is 2. The molecule has 0 saturated heterocycles. The van der Waals surface area contributed by atoms with E-state index in [4.69, 9.17) is 9.84 Å². The number of carboxylic acid groups (broad SMARTS) is 1. The first-order valence-electron chi connectivity index (χ1n) is 8.19. The fourth-order valence-electron chi connectivity index (χ4n) is 2.64. The van der Waals surface area contributed by atoms with Gasteiger partial charge in [0.2, 0.25) is 5.91 Å². The second-order valence-electron chi connectivity index (χ2n) is 6.29. The summed E-state index contributed by atoms with van der Waals surface area (Å²) in [6.07, 6.45) is 2.24. The highest BCUT2D eigenvalue weighted by atomic mass is 16.5. The third-order valence-corrected chi connectivity index (χ3v) is 4.51. The predicted molar refractivity (Wildman–Crippen MR) is 87.3 cm³/mol. The quantitative estimate of drug-likeness (QED) is 0.810. The minimum Gasteiger partial charge on any atom is -0.490 e. The summed E-state index contributed by atoms with van der Waals surface area (Å²) in [7, 11) is 0. The molecule has 23 heavy (non-hydrogen) atoms. The van der Waals surface area contributed by atoms with Gasteiger partial charge in [0.15, 0.2) is 0 Å². The standard InChI is InChI=1S/C18H25NO4/c1-4-12(3)23-16-9-11(2)5-6-13(16)10-19-17(20)14-7-8-15(14)18(21)22/h5-6,9,12,14-15H,4,7-8,10H2,1-3H3,(H,19,20)(H,21,22). The van der Waals surface area contributed by atoms with Crippen LogP contribution in [0, 0.1) is 18.8 Å². The molecule has 0 spiro atoms. The van der Waals surface area contributed by atoms with Gasteiger partial charge in [0.1, 0.15) is 5.75 Å². The van der Waals surface area contributed by atoms with Crippen molar-refractivity contribution in [2.24, 2.45) is 11.8 Å². The summed E-state index contributed by atoms with van der Waals surface area (Å²) in [5.74, 6) is -1.23. The minimum atomic E-state index is -0.882. The molecule has 1 saturated carbocycles. The van der Waals surface area contributed by atoms with E-state index in [9.17, 15) is 9.59 Å². The van der Waals surface area contributed by atoms with Gasteiger partial charge in [-0.15, -0.1) is 0 Å². The van der Waals surface area contributed by atoms with Gasteiger partial charge in [0.25, 0.3) is 0 Å². The maximum atomic E-state index is 12.2. The molecular weight excluding hydrogens is 294 g/mol. The van der Waals surface area contributed by atoms with E-state index in [2.05, 4.69) is 12.2 Å². The monoisotopic (exact) mass is 319 g/mol. The molecule has 0 radical (unpaired) electrons. The largest absolute Gasteiger partial charge is 0.490 e. The zero-order valence-corrected chi connectivity index (χ0v) is 14.0. The Labute approximate surface area is 137 Å². The molecule has 1 amide bonds. The number of hydrogen-bond acceptors (Lipinski definition) is 3. The molecule has 2 rings (SSSR count). The highest BCUT2D eigenvalue weighted by Gasteiger charge is 2.41. The van der Waals surface area contributed by atoms with E-state index in [0.29, 0.717) is 19.4 Å². The number of nitrogens with one attached hydrogen (secondary N) is 1. The van der Waals surface area contributed by atoms with Crippen LogP contribution >= 0.6 is 0 Å². The lowest BCUT2D eigenvalue weighted by Crippen LogP contribution is -2.43. The summed E-state index contributed by atoms with van der Waals surface area (Å²) in [6.45, 7) is 6.42. The van der Waals surface area contributed by atoms with Crippen molar-refractivity contribution in [3.63, 3.8) is 0 Å². The molecule has 0 bridgehead atoms. The SMILES string of the molecule is CCC(C)Oc1cc(C)ccc1CNC(=O)C1CCC1C(=O)O. The topological polar surface area (TPSA) is 75.6 Å². The van der Waals surface area contributed by atoms with Crippen molar-refractivity contribution in [2.75, 3.05) is 0 Å². The second kappa shape index (κ2) is 7.49. The van der Waals surface area contributed by atoms with Crippen LogP contribution in [-0.4, -0.2) is 23.1 Å². The molecule has 3 atom stereocenters. The number of benzene rings is 1. The maximum Gasteiger partial charge on any atom is 0.307 e. The molecule has 3 unspecified atom stereocenters. The van der Waals surface area contributed by atoms with E-state index in [1.807, 2.05) is 32.0 Å². The third kappa shape index (κ3) is 4.24. The highest BCUT2D eigenvalue weighted by Crippen LogP contribution is 2.34. The summed E-state index contributed by atoms with van der Waals surface area (Å²) < 4.78 is 5.92. The average molecular weight is 319 g/mol. The van der Waals surface area contributed by atoms with E-state index in [1.165, 1.54) is 0 Å². The van der Waals surface area contributed by atoms with Gasteiger partial charge in [-0.05, 0) is 44.7 Å². The number of aliphatic carboxylic acids is 1. The molecule has 0 heterocycles. The van der Waals surface area contributed by atoms with Crippen molar-refractivity contribution in [3.05, 3.63) is 29.3 Å². The number of rotatable bonds is 7. The van der Waals surface area contributed by atoms with Crippen LogP contribution in [0.4, 0.5) is 0 Å². The number of carbonyl (C=O) groups is 2. The van der Waals surface area contributed by atoms with Crippen LogP contribution in [0.2, 0.25) is 0 Å². The lowest BCUT2D eigenvalue weighted by atomic mass is 9.73. The van der Waals surface area contributed by atoms with Crippen molar-refractivity contribution in [1.29, 1.82) is 0 Å². The number of carboxylic acids is 1. The van der Waals surface area contributed by atoms with Gasteiger partial charge >= 0.3 is 5.97 Å². The highest BCUT2D eigenvalue weighted by molar-refractivity contribution is 5.86. The smallest absolute Gasteiger partial charge is 0.307 e. The lowest BCUT2D eigenvalue weighted by molar-refractivity contribution is -0.152. The Morgan fingerprint density at radius 1 is 1.35 bits per heavy atom. The maximum absolute atomic E-state index is 12.2. The fourth-order valence-corrected chi connectivity index (χ4v) is 2.64. The summed E-state index contributed by atoms with van der Waals surface area (Å²) in [5.41, 5.74) is 2.01. The molecule has 1 aromatic carbocycles. The van der Waals surface area contributed by atoms with Crippen LogP contribution in [0.25, 0.3) is 0 Å². The van der Waals surface area contributed by atoms with E-state index >= 15 is 0 Å². The Balaban J connectivity index is 2.00. The summed E-state index contributed by atoms with van der Waals surface area (Å²) in [4.78, 5) is 23.2. The summed E-state index contributed by atoms with van der Waals surface area (Å²) >= 11 is 0. The van der Waals surface area contributed by atoms with Crippen molar-refractivity contribution in [3.8, 4) is 5.75 Å². The van der Waals surface area contributed by atoms with Crippen molar-refractivity contribution in [1.82, 2.24) is 5.32 Å². The Morgan fingerprint density at radius 2 is 2.04 bits per heavy atom. The molecule has 0 aromatic heterocycles. The van der Waals surface area contributed by atoms with Crippen LogP contribution in [-0.2, 0) is 16.1 Å². The van der Waals surface area contributed by atoms with Gasteiger partial charge in [0.05, 0.1) is 17.9 Å². The number of carbonyl (C=O) groups excluding carboxylic acids is 1. The molecule has 2 N–H and O–H groups in total. The molecule has 1 aliphatic rings. The molecule has 1 aromatic rings. The van der Waals surface area contributed by atoms with Gasteiger partial charge in [-0.25, -0.2) is 0 Å². The van der Waals surface area contributed by atoms with Gasteiger partial charge in [-0.3, -0.25) is 9.59 Å². The first-order valence-corrected chi connectivity index (χ1v) is 8.19. The Morgan fingerprint density at radius 3 is 2.61 bits per heavy atom. The molecule has 1 fully saturated rings. The Hall–Kier alpha value is -2.04. The molecule has 5 heteroatoms. The first kappa shape index (κ1) is 17.3. The fraction of sp³-hybridized carbons (Fsp3) is 0.556. The van der Waals surface area contributed by atoms with Gasteiger partial charge in [-0.2, -0.15) is 0 Å². The minimum absolute atomic E-state index is 0.106. The molecule has 1 aliphatic carbocycles. The summed E-state index contributed by atoms with van der Waals surface area (Å²) in [6, 6.07) is 5.90. The van der Waals surface area contributed by atoms with Gasteiger partial charge in [0, 0.05) is 12.1 Å². The zero-order chi connectivity index (χ0) is 17.0. The Bertz CT molecular complexity index is 584. The van der Waals surface area contributed by atoms with Gasteiger partial charge < -0.3 is 15.2 Å². The van der Waals surface area contributed by atoms with Crippen LogP contribution in [0.5, 0.6) is 5.75 Å². The normalized spacial score (nSPS) is 21.2. The second-order valence-corrected chi connectivity index (χ2v) is 6.29. The van der Waals surface area contributed by atoms with Crippen molar-refractivity contribution < 1.29 is 19.4 Å². The van der Waals surface area contributed by atoms with E-state index in [0.717, 1.165) is 23.3 Å². The zero-order valence-electron chi connectivity index (χ0n) is 14.0. The van der Waals surface area contributed by atoms with Crippen molar-refractivity contribution >= 4 is 11.9 Å². The predicted octanol–water partition coefficient (Wildman–Crippen LogP) is 2.90. The van der Waals surface area contributed by atoms with Crippen LogP contribution in [0.1, 0.15) is 44.2 Å². The number of amides is 1. The molecule has 0 aliphatic heterocycles. The lowest BCUT2D eigenvalue weighted by Gasteiger charge is -2.32. The number of aryl methyl sites for hydroxylation is 1. The Kier molecular flexibility index (Phi) is 5.64. The van der Waals surface area contributed by atoms with Crippen LogP contribution in [0.15, 0.2) is 18.2 Å². The van der Waals surface area contributed by atoms with E-state index in [-0.39, 0.29) is 12.0 Å². The van der Waals surface area contributed by atoms with Crippen LogP contribution < -0.4 is 10.1 Å². The van der Waals surface area contributed by atoms with Gasteiger partial charge in [-0.1, -0.05) is 19.1 Å². The van der Waals surface area contributed by atoms with Crippen molar-refractivity contribution in [2.45, 2.75) is 52.7 Å². The molecule has 126 valence electrons. The molecule has 5 nitrogen and oxygen atoms in total. The van der Waals surface area contributed by atoms with Crippen LogP contribution in [0.3, 0.4) is 0 Å². The summed E-state index contributed by atoms with van der Waals surface area (Å²) in [5, 5.41) is 11.9. The molecular formula is C18H25NO4. The van der Waals surface area contributed by atoms with E-state index < -0.39 is 17.8 Å². The third-order valence-electron chi connectivity index (χ3n) is 4.51. The van der Waals surface area contributed by atoms with E-state index in [1.54, 1.807) is 0 Å². The first-order chi connectivity index (χ1) is 10.9. The average Bonchev–Trinajstić information content (AvgIpc) is 2.44. The number of ether oxygens (including phenoxy) is 1.